The van der Waals surface area contributed by atoms with Crippen LogP contribution in [0.25, 0.3) is 0 Å². The highest BCUT2D eigenvalue weighted by Gasteiger charge is 2.35. The molecule has 0 aromatic heterocycles. The second-order valence-electron chi connectivity index (χ2n) is 6.80. The van der Waals surface area contributed by atoms with Crippen LogP contribution < -0.4 is 14.2 Å². The average molecular weight is 369 g/mol. The molecule has 7 nitrogen and oxygen atoms in total. The van der Waals surface area contributed by atoms with Gasteiger partial charge < -0.3 is 19.1 Å². The number of rotatable bonds is 6. The van der Waals surface area contributed by atoms with Gasteiger partial charge in [-0.2, -0.15) is 0 Å². The second kappa shape index (κ2) is 7.11. The first-order valence-electron chi connectivity index (χ1n) is 8.36. The molecule has 3 rings (SSSR count). The molecular weight excluding hydrogens is 346 g/mol. The van der Waals surface area contributed by atoms with E-state index in [1.165, 1.54) is 0 Å². The predicted octanol–water partition coefficient (Wildman–Crippen LogP) is 1.47. The zero-order valence-corrected chi connectivity index (χ0v) is 15.3. The molecule has 1 atom stereocenters. The maximum Gasteiger partial charge on any atom is 0.260 e. The first kappa shape index (κ1) is 17.8. The Balaban J connectivity index is 1.64. The fraction of sp³-hybridized carbons (Fsp3) is 0.588. The minimum absolute atomic E-state index is 0.0372. The van der Waals surface area contributed by atoms with Crippen LogP contribution in [-0.4, -0.2) is 56.7 Å². The van der Waals surface area contributed by atoms with Crippen molar-refractivity contribution in [3.8, 4) is 17.2 Å². The SMILES string of the molecule is CC(C)CN(C(=O)COc1ccc2c(c1)OCO2)C1CCS(=O)(=O)C1. The number of sulfone groups is 1. The van der Waals surface area contributed by atoms with Crippen LogP contribution in [0.4, 0.5) is 0 Å². The van der Waals surface area contributed by atoms with Crippen molar-refractivity contribution >= 4 is 15.7 Å². The van der Waals surface area contributed by atoms with Gasteiger partial charge in [0.15, 0.2) is 27.9 Å². The molecule has 0 saturated carbocycles. The van der Waals surface area contributed by atoms with E-state index in [1.807, 2.05) is 13.8 Å². The topological polar surface area (TPSA) is 82.1 Å². The fourth-order valence-corrected chi connectivity index (χ4v) is 4.79. The lowest BCUT2D eigenvalue weighted by Crippen LogP contribution is -2.45. The lowest BCUT2D eigenvalue weighted by molar-refractivity contribution is -0.135. The predicted molar refractivity (Wildman–Crippen MR) is 91.7 cm³/mol. The van der Waals surface area contributed by atoms with Crippen molar-refractivity contribution in [3.63, 3.8) is 0 Å². The first-order valence-corrected chi connectivity index (χ1v) is 10.2. The first-order chi connectivity index (χ1) is 11.8. The zero-order valence-electron chi connectivity index (χ0n) is 14.4. The summed E-state index contributed by atoms with van der Waals surface area (Å²) in [6.07, 6.45) is 0.491. The zero-order chi connectivity index (χ0) is 18.0. The van der Waals surface area contributed by atoms with Gasteiger partial charge in [0.25, 0.3) is 5.91 Å². The molecular formula is C17H23NO6S. The Hall–Kier alpha value is -1.96. The summed E-state index contributed by atoms with van der Waals surface area (Å²) in [5, 5.41) is 0. The number of carbonyl (C=O) groups excluding carboxylic acids is 1. The smallest absolute Gasteiger partial charge is 0.260 e. The number of ether oxygens (including phenoxy) is 3. The highest BCUT2D eigenvalue weighted by atomic mass is 32.2. The second-order valence-corrected chi connectivity index (χ2v) is 9.03. The summed E-state index contributed by atoms with van der Waals surface area (Å²) in [5.41, 5.74) is 0. The van der Waals surface area contributed by atoms with Crippen LogP contribution >= 0.6 is 0 Å². The third-order valence-electron chi connectivity index (χ3n) is 4.24. The van der Waals surface area contributed by atoms with Crippen molar-refractivity contribution < 1.29 is 27.4 Å². The lowest BCUT2D eigenvalue weighted by atomic mass is 10.1. The van der Waals surface area contributed by atoms with Crippen molar-refractivity contribution in [2.75, 3.05) is 31.5 Å². The van der Waals surface area contributed by atoms with E-state index in [4.69, 9.17) is 14.2 Å². The highest BCUT2D eigenvalue weighted by Crippen LogP contribution is 2.35. The van der Waals surface area contributed by atoms with Gasteiger partial charge in [0.2, 0.25) is 6.79 Å². The Kier molecular flexibility index (Phi) is 5.08. The molecule has 0 aliphatic carbocycles. The number of benzene rings is 1. The fourth-order valence-electron chi connectivity index (χ4n) is 3.06. The summed E-state index contributed by atoms with van der Waals surface area (Å²) in [6, 6.07) is 4.87. The summed E-state index contributed by atoms with van der Waals surface area (Å²) in [6.45, 7) is 4.56. The van der Waals surface area contributed by atoms with Gasteiger partial charge in [-0.3, -0.25) is 4.79 Å². The molecule has 138 valence electrons. The van der Waals surface area contributed by atoms with E-state index in [0.717, 1.165) is 0 Å². The molecule has 1 fully saturated rings. The molecule has 1 unspecified atom stereocenters. The van der Waals surface area contributed by atoms with Crippen molar-refractivity contribution in [1.29, 1.82) is 0 Å². The monoisotopic (exact) mass is 369 g/mol. The number of fused-ring (bicyclic) bond motifs is 1. The molecule has 1 amide bonds. The largest absolute Gasteiger partial charge is 0.484 e. The van der Waals surface area contributed by atoms with Gasteiger partial charge in [0.05, 0.1) is 11.5 Å². The van der Waals surface area contributed by atoms with Gasteiger partial charge in [-0.1, -0.05) is 13.8 Å². The minimum Gasteiger partial charge on any atom is -0.484 e. The Labute approximate surface area is 147 Å². The summed E-state index contributed by atoms with van der Waals surface area (Å²) in [4.78, 5) is 14.3. The maximum atomic E-state index is 12.6. The third kappa shape index (κ3) is 4.36. The van der Waals surface area contributed by atoms with Crippen LogP contribution in [-0.2, 0) is 14.6 Å². The summed E-state index contributed by atoms with van der Waals surface area (Å²) in [5.74, 6) is 1.98. The molecule has 0 N–H and O–H groups in total. The van der Waals surface area contributed by atoms with E-state index in [9.17, 15) is 13.2 Å². The Bertz CT molecular complexity index is 746. The molecule has 1 aromatic carbocycles. The summed E-state index contributed by atoms with van der Waals surface area (Å²) in [7, 11) is -3.05. The van der Waals surface area contributed by atoms with Gasteiger partial charge >= 0.3 is 0 Å². The molecule has 0 spiro atoms. The molecule has 2 aliphatic rings. The Morgan fingerprint density at radius 2 is 2.08 bits per heavy atom. The minimum atomic E-state index is -3.05. The van der Waals surface area contributed by atoms with Crippen molar-refractivity contribution in [2.24, 2.45) is 5.92 Å². The van der Waals surface area contributed by atoms with Crippen LogP contribution in [0.15, 0.2) is 18.2 Å². The maximum absolute atomic E-state index is 12.6. The Morgan fingerprint density at radius 3 is 2.76 bits per heavy atom. The van der Waals surface area contributed by atoms with Crippen LogP contribution in [0.5, 0.6) is 17.2 Å². The summed E-state index contributed by atoms with van der Waals surface area (Å²) < 4.78 is 39.6. The molecule has 1 saturated heterocycles. The number of hydrogen-bond acceptors (Lipinski definition) is 6. The molecule has 25 heavy (non-hydrogen) atoms. The standard InChI is InChI=1S/C17H23NO6S/c1-12(2)8-18(13-5-6-25(20,21)10-13)17(19)9-22-14-3-4-15-16(7-14)24-11-23-15/h3-4,7,12-13H,5-6,8-11H2,1-2H3. The molecule has 0 radical (unpaired) electrons. The average Bonchev–Trinajstić information content (AvgIpc) is 3.15. The van der Waals surface area contributed by atoms with E-state index in [2.05, 4.69) is 0 Å². The summed E-state index contributed by atoms with van der Waals surface area (Å²) >= 11 is 0. The van der Waals surface area contributed by atoms with Gasteiger partial charge in [-0.15, -0.1) is 0 Å². The van der Waals surface area contributed by atoms with Crippen LogP contribution in [0, 0.1) is 5.92 Å². The lowest BCUT2D eigenvalue weighted by Gasteiger charge is -2.29. The quantitative estimate of drug-likeness (QED) is 0.755. The van der Waals surface area contributed by atoms with Crippen LogP contribution in [0.1, 0.15) is 20.3 Å². The highest BCUT2D eigenvalue weighted by molar-refractivity contribution is 7.91. The number of amides is 1. The van der Waals surface area contributed by atoms with Gasteiger partial charge in [0, 0.05) is 18.7 Å². The van der Waals surface area contributed by atoms with E-state index < -0.39 is 9.84 Å². The number of carbonyl (C=O) groups is 1. The molecule has 0 bridgehead atoms. The molecule has 2 aliphatic heterocycles. The van der Waals surface area contributed by atoms with Crippen LogP contribution in [0.3, 0.4) is 0 Å². The third-order valence-corrected chi connectivity index (χ3v) is 5.99. The van der Waals surface area contributed by atoms with Crippen molar-refractivity contribution in [2.45, 2.75) is 26.3 Å². The number of hydrogen-bond donors (Lipinski definition) is 0. The van der Waals surface area contributed by atoms with Gasteiger partial charge in [0.1, 0.15) is 5.75 Å². The van der Waals surface area contributed by atoms with Crippen LogP contribution in [0.2, 0.25) is 0 Å². The molecule has 2 heterocycles. The van der Waals surface area contributed by atoms with E-state index in [0.29, 0.717) is 30.2 Å². The van der Waals surface area contributed by atoms with Crippen molar-refractivity contribution in [1.82, 2.24) is 4.90 Å². The molecule has 8 heteroatoms. The van der Waals surface area contributed by atoms with E-state index >= 15 is 0 Å². The van der Waals surface area contributed by atoms with E-state index in [-0.39, 0.29) is 42.8 Å². The Morgan fingerprint density at radius 1 is 1.32 bits per heavy atom. The number of nitrogens with zero attached hydrogens (tertiary/aromatic N) is 1. The normalized spacial score (nSPS) is 20.7. The van der Waals surface area contributed by atoms with Gasteiger partial charge in [-0.25, -0.2) is 8.42 Å². The van der Waals surface area contributed by atoms with E-state index in [1.54, 1.807) is 23.1 Å². The van der Waals surface area contributed by atoms with Gasteiger partial charge in [-0.05, 0) is 24.5 Å². The van der Waals surface area contributed by atoms with Crippen molar-refractivity contribution in [3.05, 3.63) is 18.2 Å². The molecule has 1 aromatic rings.